The molecular formula is C11H19N5. The van der Waals surface area contributed by atoms with Crippen LogP contribution >= 0.6 is 0 Å². The topological polar surface area (TPSA) is 46.0 Å². The van der Waals surface area contributed by atoms with Gasteiger partial charge in [0.15, 0.2) is 0 Å². The molecule has 1 aliphatic carbocycles. The molecule has 0 spiro atoms. The third kappa shape index (κ3) is 1.97. The van der Waals surface area contributed by atoms with Crippen molar-refractivity contribution in [3.8, 4) is 0 Å². The lowest BCUT2D eigenvalue weighted by Crippen LogP contribution is -2.43. The van der Waals surface area contributed by atoms with Crippen molar-refractivity contribution in [1.82, 2.24) is 25.0 Å². The number of hydrogen-bond acceptors (Lipinski definition) is 4. The van der Waals surface area contributed by atoms with Gasteiger partial charge in [-0.2, -0.15) is 0 Å². The summed E-state index contributed by atoms with van der Waals surface area (Å²) in [6.45, 7) is 5.36. The SMILES string of the molecule is Cn1c(CN2CCNCC2)nnc1C1CC1. The Kier molecular flexibility index (Phi) is 2.65. The van der Waals surface area contributed by atoms with E-state index in [0.29, 0.717) is 5.92 Å². The predicted molar refractivity (Wildman–Crippen MR) is 61.1 cm³/mol. The minimum Gasteiger partial charge on any atom is -0.317 e. The fourth-order valence-corrected chi connectivity index (χ4v) is 2.28. The second-order valence-electron chi connectivity index (χ2n) is 4.83. The molecule has 0 atom stereocenters. The van der Waals surface area contributed by atoms with Gasteiger partial charge in [-0.15, -0.1) is 10.2 Å². The zero-order chi connectivity index (χ0) is 11.0. The molecule has 1 saturated carbocycles. The van der Waals surface area contributed by atoms with Gasteiger partial charge in [0.05, 0.1) is 6.54 Å². The van der Waals surface area contributed by atoms with Gasteiger partial charge in [0.25, 0.3) is 0 Å². The van der Waals surface area contributed by atoms with Crippen molar-refractivity contribution in [2.75, 3.05) is 26.2 Å². The lowest BCUT2D eigenvalue weighted by molar-refractivity contribution is 0.225. The van der Waals surface area contributed by atoms with Crippen molar-refractivity contribution in [3.05, 3.63) is 11.6 Å². The second kappa shape index (κ2) is 4.14. The summed E-state index contributed by atoms with van der Waals surface area (Å²) in [6, 6.07) is 0. The van der Waals surface area contributed by atoms with E-state index in [1.54, 1.807) is 0 Å². The molecule has 3 rings (SSSR count). The summed E-state index contributed by atoms with van der Waals surface area (Å²) < 4.78 is 2.19. The summed E-state index contributed by atoms with van der Waals surface area (Å²) in [7, 11) is 2.10. The van der Waals surface area contributed by atoms with E-state index in [2.05, 4.69) is 32.0 Å². The van der Waals surface area contributed by atoms with Crippen molar-refractivity contribution in [1.29, 1.82) is 0 Å². The van der Waals surface area contributed by atoms with E-state index < -0.39 is 0 Å². The number of piperazine rings is 1. The molecule has 2 heterocycles. The summed E-state index contributed by atoms with van der Waals surface area (Å²) in [5, 5.41) is 12.0. The van der Waals surface area contributed by atoms with Crippen LogP contribution in [-0.2, 0) is 13.6 Å². The normalized spacial score (nSPS) is 22.6. The van der Waals surface area contributed by atoms with Crippen LogP contribution in [0.4, 0.5) is 0 Å². The van der Waals surface area contributed by atoms with Crippen LogP contribution in [0.5, 0.6) is 0 Å². The quantitative estimate of drug-likeness (QED) is 0.786. The van der Waals surface area contributed by atoms with Crippen LogP contribution in [-0.4, -0.2) is 45.8 Å². The Labute approximate surface area is 95.8 Å². The summed E-state index contributed by atoms with van der Waals surface area (Å²) in [4.78, 5) is 2.44. The zero-order valence-corrected chi connectivity index (χ0v) is 9.82. The van der Waals surface area contributed by atoms with Crippen molar-refractivity contribution in [2.45, 2.75) is 25.3 Å². The molecule has 1 N–H and O–H groups in total. The van der Waals surface area contributed by atoms with Gasteiger partial charge in [-0.25, -0.2) is 0 Å². The Morgan fingerprint density at radius 2 is 2.00 bits per heavy atom. The molecule has 0 aromatic carbocycles. The first-order valence-corrected chi connectivity index (χ1v) is 6.16. The Hall–Kier alpha value is -0.940. The molecule has 1 aromatic heterocycles. The van der Waals surface area contributed by atoms with Crippen LogP contribution < -0.4 is 5.32 Å². The third-order valence-corrected chi connectivity index (χ3v) is 3.52. The van der Waals surface area contributed by atoms with Crippen molar-refractivity contribution < 1.29 is 0 Å². The lowest BCUT2D eigenvalue weighted by Gasteiger charge is -2.26. The first-order valence-electron chi connectivity index (χ1n) is 6.16. The van der Waals surface area contributed by atoms with Gasteiger partial charge < -0.3 is 9.88 Å². The van der Waals surface area contributed by atoms with E-state index in [0.717, 1.165) is 38.5 Å². The van der Waals surface area contributed by atoms with E-state index in [9.17, 15) is 0 Å². The van der Waals surface area contributed by atoms with E-state index in [1.165, 1.54) is 18.7 Å². The minimum atomic E-state index is 0.689. The molecule has 0 bridgehead atoms. The highest BCUT2D eigenvalue weighted by Gasteiger charge is 2.29. The van der Waals surface area contributed by atoms with Gasteiger partial charge in [-0.3, -0.25) is 4.90 Å². The fourth-order valence-electron chi connectivity index (χ4n) is 2.28. The van der Waals surface area contributed by atoms with Crippen LogP contribution in [0.15, 0.2) is 0 Å². The standard InChI is InChI=1S/C11H19N5/c1-15-10(8-16-6-4-12-5-7-16)13-14-11(15)9-2-3-9/h9,12H,2-8H2,1H3. The van der Waals surface area contributed by atoms with E-state index in [-0.39, 0.29) is 0 Å². The minimum absolute atomic E-state index is 0.689. The van der Waals surface area contributed by atoms with Crippen LogP contribution in [0.1, 0.15) is 30.4 Å². The molecule has 0 radical (unpaired) electrons. The Morgan fingerprint density at radius 1 is 1.25 bits per heavy atom. The zero-order valence-electron chi connectivity index (χ0n) is 9.82. The van der Waals surface area contributed by atoms with E-state index in [1.807, 2.05) is 0 Å². The summed E-state index contributed by atoms with van der Waals surface area (Å²) in [5.74, 6) is 2.99. The predicted octanol–water partition coefficient (Wildman–Crippen LogP) is 0.0977. The molecular weight excluding hydrogens is 202 g/mol. The van der Waals surface area contributed by atoms with E-state index >= 15 is 0 Å². The molecule has 88 valence electrons. The van der Waals surface area contributed by atoms with Gasteiger partial charge in [-0.05, 0) is 12.8 Å². The second-order valence-corrected chi connectivity index (χ2v) is 4.83. The number of rotatable bonds is 3. The molecule has 1 saturated heterocycles. The van der Waals surface area contributed by atoms with Gasteiger partial charge >= 0.3 is 0 Å². The first kappa shape index (κ1) is 10.2. The van der Waals surface area contributed by atoms with Crippen LogP contribution in [0, 0.1) is 0 Å². The largest absolute Gasteiger partial charge is 0.317 e. The van der Waals surface area contributed by atoms with Crippen LogP contribution in [0.2, 0.25) is 0 Å². The van der Waals surface area contributed by atoms with Crippen molar-refractivity contribution >= 4 is 0 Å². The molecule has 2 aliphatic rings. The van der Waals surface area contributed by atoms with Crippen molar-refractivity contribution in [2.24, 2.45) is 7.05 Å². The van der Waals surface area contributed by atoms with Crippen LogP contribution in [0.25, 0.3) is 0 Å². The van der Waals surface area contributed by atoms with Gasteiger partial charge in [0.2, 0.25) is 0 Å². The maximum Gasteiger partial charge on any atom is 0.146 e. The fraction of sp³-hybridized carbons (Fsp3) is 0.818. The Bertz CT molecular complexity index is 362. The highest BCUT2D eigenvalue weighted by atomic mass is 15.3. The monoisotopic (exact) mass is 221 g/mol. The Balaban J connectivity index is 1.68. The molecule has 5 heteroatoms. The molecule has 0 amide bonds. The molecule has 1 aliphatic heterocycles. The molecule has 1 aromatic rings. The third-order valence-electron chi connectivity index (χ3n) is 3.52. The van der Waals surface area contributed by atoms with Crippen LogP contribution in [0.3, 0.4) is 0 Å². The average molecular weight is 221 g/mol. The first-order chi connectivity index (χ1) is 7.84. The van der Waals surface area contributed by atoms with E-state index in [4.69, 9.17) is 0 Å². The molecule has 0 unspecified atom stereocenters. The Morgan fingerprint density at radius 3 is 2.69 bits per heavy atom. The van der Waals surface area contributed by atoms with Gasteiger partial charge in [-0.1, -0.05) is 0 Å². The molecule has 2 fully saturated rings. The summed E-state index contributed by atoms with van der Waals surface area (Å²) in [6.07, 6.45) is 2.58. The maximum atomic E-state index is 4.32. The molecule has 16 heavy (non-hydrogen) atoms. The highest BCUT2D eigenvalue weighted by molar-refractivity contribution is 5.07. The number of nitrogens with zero attached hydrogens (tertiary/aromatic N) is 4. The summed E-state index contributed by atoms with van der Waals surface area (Å²) >= 11 is 0. The van der Waals surface area contributed by atoms with Gasteiger partial charge in [0.1, 0.15) is 11.6 Å². The number of nitrogens with one attached hydrogen (secondary N) is 1. The number of aromatic nitrogens is 3. The highest BCUT2D eigenvalue weighted by Crippen LogP contribution is 2.38. The smallest absolute Gasteiger partial charge is 0.146 e. The number of hydrogen-bond donors (Lipinski definition) is 1. The summed E-state index contributed by atoms with van der Waals surface area (Å²) in [5.41, 5.74) is 0. The molecule has 5 nitrogen and oxygen atoms in total. The van der Waals surface area contributed by atoms with Crippen molar-refractivity contribution in [3.63, 3.8) is 0 Å². The van der Waals surface area contributed by atoms with Gasteiger partial charge in [0, 0.05) is 39.1 Å². The average Bonchev–Trinajstić information content (AvgIpc) is 3.08. The maximum absolute atomic E-state index is 4.32. The lowest BCUT2D eigenvalue weighted by atomic mass is 10.3.